The van der Waals surface area contributed by atoms with Crippen LogP contribution in [-0.4, -0.2) is 15.0 Å². The predicted octanol–water partition coefficient (Wildman–Crippen LogP) is 10.4. The van der Waals surface area contributed by atoms with Crippen LogP contribution in [0, 0.1) is 35.0 Å². The minimum atomic E-state index is 0.271. The van der Waals surface area contributed by atoms with Crippen LogP contribution in [0.25, 0.3) is 56.4 Å². The molecule has 9 rings (SSSR count). The minimum Gasteiger partial charge on any atom is -0.208 e. The summed E-state index contributed by atoms with van der Waals surface area (Å²) in [4.78, 5) is 15.0. The number of hydrogen-bond acceptors (Lipinski definition) is 4. The number of nitriles is 1. The van der Waals surface area contributed by atoms with Crippen molar-refractivity contribution in [2.24, 2.45) is 23.7 Å². The van der Waals surface area contributed by atoms with E-state index in [0.717, 1.165) is 57.1 Å². The topological polar surface area (TPSA) is 62.5 Å². The lowest BCUT2D eigenvalue weighted by atomic mass is 9.39. The number of nitrogens with zero attached hydrogens (tertiary/aromatic N) is 4. The first kappa shape index (κ1) is 28.8. The average molecular weight is 621 g/mol. The summed E-state index contributed by atoms with van der Waals surface area (Å²) < 4.78 is 0. The van der Waals surface area contributed by atoms with Gasteiger partial charge < -0.3 is 0 Å². The molecule has 5 atom stereocenters. The van der Waals surface area contributed by atoms with Crippen molar-refractivity contribution in [3.8, 4) is 62.5 Å². The van der Waals surface area contributed by atoms with Crippen molar-refractivity contribution in [2.75, 3.05) is 0 Å². The molecule has 3 saturated carbocycles. The Kier molecular flexibility index (Phi) is 6.83. The van der Waals surface area contributed by atoms with E-state index in [9.17, 15) is 5.26 Å². The second-order valence-corrected chi connectivity index (χ2v) is 14.4. The van der Waals surface area contributed by atoms with Gasteiger partial charge in [0.25, 0.3) is 0 Å². The maximum atomic E-state index is 9.36. The van der Waals surface area contributed by atoms with Crippen LogP contribution in [0.2, 0.25) is 0 Å². The quantitative estimate of drug-likeness (QED) is 0.186. The highest BCUT2D eigenvalue weighted by atomic mass is 15.0. The molecule has 3 aliphatic carbocycles. The van der Waals surface area contributed by atoms with E-state index >= 15 is 0 Å². The molecule has 2 unspecified atom stereocenters. The highest BCUT2D eigenvalue weighted by molar-refractivity contribution is 5.80. The Hall–Kier alpha value is -5.40. The van der Waals surface area contributed by atoms with Gasteiger partial charge in [-0.2, -0.15) is 5.26 Å². The largest absolute Gasteiger partial charge is 0.208 e. The summed E-state index contributed by atoms with van der Waals surface area (Å²) >= 11 is 0. The predicted molar refractivity (Wildman–Crippen MR) is 192 cm³/mol. The summed E-state index contributed by atoms with van der Waals surface area (Å²) in [6.45, 7) is 2.51. The van der Waals surface area contributed by atoms with E-state index in [1.807, 2.05) is 42.5 Å². The Balaban J connectivity index is 1.14. The van der Waals surface area contributed by atoms with Gasteiger partial charge in [0.1, 0.15) is 0 Å². The van der Waals surface area contributed by atoms with Gasteiger partial charge in [0.15, 0.2) is 17.5 Å². The Labute approximate surface area is 282 Å². The van der Waals surface area contributed by atoms with Gasteiger partial charge in [-0.3, -0.25) is 0 Å². The third kappa shape index (κ3) is 5.02. The maximum absolute atomic E-state index is 9.36. The Morgan fingerprint density at radius 3 is 1.52 bits per heavy atom. The van der Waals surface area contributed by atoms with Crippen LogP contribution in [0.3, 0.4) is 0 Å². The summed E-state index contributed by atoms with van der Waals surface area (Å²) in [5.74, 6) is 5.76. The molecule has 6 aromatic rings. The Morgan fingerprint density at radius 2 is 0.979 bits per heavy atom. The molecule has 0 saturated heterocycles. The SMILES string of the molecule is CC1(c2ccc(-c3cc(-c4ccccc4)cc(-c4nc(-c5ccccc5)nc(-c5ccc(C#N)cc5)n4)c3)cc2)C[C@H]2C[C@@H]3C[C@@H](C1)C32. The molecule has 0 aliphatic heterocycles. The maximum Gasteiger partial charge on any atom is 0.164 e. The third-order valence-corrected chi connectivity index (χ3v) is 11.4. The number of benzene rings is 5. The second kappa shape index (κ2) is 11.4. The summed E-state index contributed by atoms with van der Waals surface area (Å²) in [7, 11) is 0. The van der Waals surface area contributed by atoms with Crippen LogP contribution >= 0.6 is 0 Å². The van der Waals surface area contributed by atoms with Crippen molar-refractivity contribution >= 4 is 0 Å². The summed E-state index contributed by atoms with van der Waals surface area (Å²) in [5.41, 5.74) is 9.63. The van der Waals surface area contributed by atoms with Gasteiger partial charge >= 0.3 is 0 Å². The molecule has 232 valence electrons. The fraction of sp³-hybridized carbons (Fsp3) is 0.227. The number of aromatic nitrogens is 3. The molecule has 0 spiro atoms. The zero-order valence-corrected chi connectivity index (χ0v) is 27.1. The van der Waals surface area contributed by atoms with E-state index in [0.29, 0.717) is 23.0 Å². The third-order valence-electron chi connectivity index (χ3n) is 11.4. The van der Waals surface area contributed by atoms with Crippen LogP contribution in [0.4, 0.5) is 0 Å². The lowest BCUT2D eigenvalue weighted by molar-refractivity contribution is -0.141. The smallest absolute Gasteiger partial charge is 0.164 e. The number of rotatable bonds is 6. The molecular formula is C44H36N4. The molecule has 1 heterocycles. The first-order valence-electron chi connectivity index (χ1n) is 17.2. The monoisotopic (exact) mass is 620 g/mol. The van der Waals surface area contributed by atoms with Crippen LogP contribution < -0.4 is 0 Å². The van der Waals surface area contributed by atoms with Crippen molar-refractivity contribution in [1.29, 1.82) is 5.26 Å². The fourth-order valence-corrected chi connectivity index (χ4v) is 9.01. The second-order valence-electron chi connectivity index (χ2n) is 14.4. The van der Waals surface area contributed by atoms with Crippen molar-refractivity contribution in [2.45, 2.75) is 38.0 Å². The van der Waals surface area contributed by atoms with Crippen LogP contribution in [0.15, 0.2) is 127 Å². The van der Waals surface area contributed by atoms with Crippen molar-refractivity contribution in [1.82, 2.24) is 15.0 Å². The van der Waals surface area contributed by atoms with Gasteiger partial charge in [0.05, 0.1) is 11.6 Å². The summed E-state index contributed by atoms with van der Waals surface area (Å²) in [5, 5.41) is 9.36. The number of hydrogen-bond donors (Lipinski definition) is 0. The molecule has 0 bridgehead atoms. The van der Waals surface area contributed by atoms with Crippen molar-refractivity contribution in [3.05, 3.63) is 139 Å². The van der Waals surface area contributed by atoms with Crippen LogP contribution in [-0.2, 0) is 5.41 Å². The zero-order chi connectivity index (χ0) is 32.2. The lowest BCUT2D eigenvalue weighted by Gasteiger charge is -2.65. The van der Waals surface area contributed by atoms with Crippen molar-refractivity contribution < 1.29 is 0 Å². The molecule has 0 radical (unpaired) electrons. The van der Waals surface area contributed by atoms with Gasteiger partial charge in [0.2, 0.25) is 0 Å². The van der Waals surface area contributed by atoms with E-state index in [4.69, 9.17) is 15.0 Å². The molecule has 3 aliphatic rings. The molecule has 0 amide bonds. The minimum absolute atomic E-state index is 0.271. The lowest BCUT2D eigenvalue weighted by Crippen LogP contribution is -2.58. The standard InChI is InChI=1S/C44H36N4/c1-44(25-37-23-35-24-38(26-44)40(35)37)39-18-16-30(17-19-39)34-20-33(29-8-4-2-5-9-29)21-36(22-34)43-47-41(31-10-6-3-7-11-31)46-42(48-43)32-14-12-28(27-45)13-15-32/h2-22,35,37-38,40H,23-26H2,1H3/t35-,37-,38+,40?,44?. The van der Waals surface area contributed by atoms with Crippen LogP contribution in [0.5, 0.6) is 0 Å². The molecule has 48 heavy (non-hydrogen) atoms. The molecule has 0 N–H and O–H groups in total. The normalized spacial score (nSPS) is 23.7. The van der Waals surface area contributed by atoms with Gasteiger partial charge in [0, 0.05) is 16.7 Å². The van der Waals surface area contributed by atoms with Gasteiger partial charge in [-0.15, -0.1) is 0 Å². The van der Waals surface area contributed by atoms with E-state index in [2.05, 4.69) is 85.8 Å². The summed E-state index contributed by atoms with van der Waals surface area (Å²) in [6.07, 6.45) is 5.59. The first-order chi connectivity index (χ1) is 23.5. The van der Waals surface area contributed by atoms with Gasteiger partial charge in [-0.05, 0) is 125 Å². The zero-order valence-electron chi connectivity index (χ0n) is 27.1. The molecule has 1 aromatic heterocycles. The van der Waals surface area contributed by atoms with E-state index in [1.54, 1.807) is 12.1 Å². The van der Waals surface area contributed by atoms with E-state index in [1.165, 1.54) is 36.8 Å². The van der Waals surface area contributed by atoms with E-state index in [-0.39, 0.29) is 5.41 Å². The average Bonchev–Trinajstić information content (AvgIpc) is 3.13. The van der Waals surface area contributed by atoms with Crippen LogP contribution in [0.1, 0.15) is 43.7 Å². The van der Waals surface area contributed by atoms with Gasteiger partial charge in [-0.1, -0.05) is 91.9 Å². The molecule has 4 heteroatoms. The highest BCUT2D eigenvalue weighted by Gasteiger charge is 2.59. The van der Waals surface area contributed by atoms with E-state index < -0.39 is 0 Å². The summed E-state index contributed by atoms with van der Waals surface area (Å²) in [6, 6.07) is 46.3. The van der Waals surface area contributed by atoms with Gasteiger partial charge in [-0.25, -0.2) is 15.0 Å². The molecule has 5 aromatic carbocycles. The Morgan fingerprint density at radius 1 is 0.521 bits per heavy atom. The molecule has 4 nitrogen and oxygen atoms in total. The first-order valence-corrected chi connectivity index (χ1v) is 17.2. The fourth-order valence-electron chi connectivity index (χ4n) is 9.01. The molecule has 3 fully saturated rings. The molecular weight excluding hydrogens is 585 g/mol. The van der Waals surface area contributed by atoms with Crippen molar-refractivity contribution in [3.63, 3.8) is 0 Å². The highest BCUT2D eigenvalue weighted by Crippen LogP contribution is 2.67. The Bertz CT molecular complexity index is 2150.